The minimum Gasteiger partial charge on any atom is -0.346 e. The third-order valence-electron chi connectivity index (χ3n) is 3.79. The van der Waals surface area contributed by atoms with Crippen LogP contribution in [0.15, 0.2) is 22.8 Å². The maximum atomic E-state index is 5.78. The maximum Gasteiger partial charge on any atom is 0.0524 e. The molecule has 0 radical (unpaired) electrons. The van der Waals surface area contributed by atoms with Gasteiger partial charge in [0.25, 0.3) is 0 Å². The fourth-order valence-electron chi connectivity index (χ4n) is 2.74. The van der Waals surface area contributed by atoms with Crippen molar-refractivity contribution < 1.29 is 0 Å². The number of nitrogens with zero attached hydrogens (tertiary/aromatic N) is 1. The number of nitrogens with two attached hydrogens (primary N) is 1. The van der Waals surface area contributed by atoms with Crippen LogP contribution >= 0.6 is 15.9 Å². The SMILES string of the molecule is CC(CN)c1cc2c3c(c1)c(Br)cn3CCC2. The molecule has 1 atom stereocenters. The Balaban J connectivity index is 2.28. The first-order valence-corrected chi connectivity index (χ1v) is 7.01. The molecule has 90 valence electrons. The highest BCUT2D eigenvalue weighted by Crippen LogP contribution is 2.35. The summed E-state index contributed by atoms with van der Waals surface area (Å²) in [4.78, 5) is 0. The number of rotatable bonds is 2. The van der Waals surface area contributed by atoms with E-state index in [-0.39, 0.29) is 0 Å². The van der Waals surface area contributed by atoms with Gasteiger partial charge in [0.1, 0.15) is 0 Å². The molecule has 2 aromatic rings. The topological polar surface area (TPSA) is 30.9 Å². The monoisotopic (exact) mass is 292 g/mol. The number of aryl methyl sites for hydroxylation is 2. The van der Waals surface area contributed by atoms with Crippen molar-refractivity contribution in [2.75, 3.05) is 6.54 Å². The first-order valence-electron chi connectivity index (χ1n) is 6.22. The molecule has 0 aliphatic carbocycles. The van der Waals surface area contributed by atoms with Crippen LogP contribution in [0.2, 0.25) is 0 Å². The van der Waals surface area contributed by atoms with Crippen molar-refractivity contribution in [2.24, 2.45) is 5.73 Å². The molecule has 1 aromatic heterocycles. The van der Waals surface area contributed by atoms with Gasteiger partial charge in [-0.1, -0.05) is 13.0 Å². The number of aromatic nitrogens is 1. The van der Waals surface area contributed by atoms with E-state index in [9.17, 15) is 0 Å². The molecule has 1 unspecified atom stereocenters. The molecule has 2 heterocycles. The lowest BCUT2D eigenvalue weighted by molar-refractivity contribution is 0.634. The van der Waals surface area contributed by atoms with E-state index in [1.165, 1.54) is 39.3 Å². The molecule has 3 rings (SSSR count). The molecule has 0 bridgehead atoms. The fraction of sp³-hybridized carbons (Fsp3) is 0.429. The summed E-state index contributed by atoms with van der Waals surface area (Å²) in [6.45, 7) is 4.05. The first kappa shape index (κ1) is 11.3. The van der Waals surface area contributed by atoms with E-state index in [2.05, 4.69) is 45.8 Å². The molecule has 3 heteroatoms. The van der Waals surface area contributed by atoms with Gasteiger partial charge in [-0.05, 0) is 58.4 Å². The Kier molecular flexibility index (Phi) is 2.75. The average Bonchev–Trinajstić information content (AvgIpc) is 2.67. The molecule has 1 aromatic carbocycles. The largest absolute Gasteiger partial charge is 0.346 e. The van der Waals surface area contributed by atoms with Crippen molar-refractivity contribution in [1.29, 1.82) is 0 Å². The average molecular weight is 293 g/mol. The molecule has 1 aliphatic heterocycles. The molecule has 2 N–H and O–H groups in total. The summed E-state index contributed by atoms with van der Waals surface area (Å²) in [5.41, 5.74) is 10.0. The second-order valence-corrected chi connectivity index (χ2v) is 5.84. The van der Waals surface area contributed by atoms with Gasteiger partial charge >= 0.3 is 0 Å². The van der Waals surface area contributed by atoms with E-state index in [1.807, 2.05) is 0 Å². The van der Waals surface area contributed by atoms with Crippen molar-refractivity contribution in [3.8, 4) is 0 Å². The highest BCUT2D eigenvalue weighted by molar-refractivity contribution is 9.10. The summed E-state index contributed by atoms with van der Waals surface area (Å²) < 4.78 is 3.58. The van der Waals surface area contributed by atoms with Crippen molar-refractivity contribution in [2.45, 2.75) is 32.2 Å². The third kappa shape index (κ3) is 1.72. The molecule has 0 saturated carbocycles. The smallest absolute Gasteiger partial charge is 0.0524 e. The molecule has 1 aliphatic rings. The molecule has 0 fully saturated rings. The van der Waals surface area contributed by atoms with Gasteiger partial charge in [-0.3, -0.25) is 0 Å². The fourth-order valence-corrected chi connectivity index (χ4v) is 3.29. The van der Waals surface area contributed by atoms with Crippen LogP contribution in [0.4, 0.5) is 0 Å². The van der Waals surface area contributed by atoms with Crippen molar-refractivity contribution >= 4 is 26.8 Å². The van der Waals surface area contributed by atoms with E-state index in [0.717, 1.165) is 6.54 Å². The van der Waals surface area contributed by atoms with E-state index in [1.54, 1.807) is 0 Å². The minimum atomic E-state index is 0.438. The van der Waals surface area contributed by atoms with E-state index < -0.39 is 0 Å². The van der Waals surface area contributed by atoms with Crippen LogP contribution in [0.1, 0.15) is 30.4 Å². The van der Waals surface area contributed by atoms with E-state index in [0.29, 0.717) is 12.5 Å². The van der Waals surface area contributed by atoms with Crippen molar-refractivity contribution in [1.82, 2.24) is 4.57 Å². The molecule has 17 heavy (non-hydrogen) atoms. The molecule has 0 saturated heterocycles. The lowest BCUT2D eigenvalue weighted by Crippen LogP contribution is -2.11. The standard InChI is InChI=1S/C14H17BrN2/c1-9(7-16)11-5-10-3-2-4-17-8-13(15)12(6-11)14(10)17/h5-6,8-9H,2-4,7,16H2,1H3. The lowest BCUT2D eigenvalue weighted by Gasteiger charge is -2.18. The zero-order chi connectivity index (χ0) is 12.0. The quantitative estimate of drug-likeness (QED) is 0.903. The Labute approximate surface area is 110 Å². The van der Waals surface area contributed by atoms with Crippen LogP contribution < -0.4 is 5.73 Å². The molecule has 0 amide bonds. The number of benzene rings is 1. The summed E-state index contributed by atoms with van der Waals surface area (Å²) >= 11 is 3.67. The first-order chi connectivity index (χ1) is 8.20. The Morgan fingerprint density at radius 1 is 1.47 bits per heavy atom. The predicted octanol–water partition coefficient (Wildman–Crippen LogP) is 3.41. The van der Waals surface area contributed by atoms with Crippen LogP contribution in [-0.4, -0.2) is 11.1 Å². The van der Waals surface area contributed by atoms with Gasteiger partial charge in [-0.15, -0.1) is 0 Å². The zero-order valence-corrected chi connectivity index (χ0v) is 11.6. The Bertz CT molecular complexity index is 571. The second kappa shape index (κ2) is 4.14. The van der Waals surface area contributed by atoms with Crippen LogP contribution in [0, 0.1) is 0 Å². The summed E-state index contributed by atoms with van der Waals surface area (Å²) in [6, 6.07) is 4.64. The Morgan fingerprint density at radius 2 is 2.29 bits per heavy atom. The van der Waals surface area contributed by atoms with Gasteiger partial charge in [-0.2, -0.15) is 0 Å². The van der Waals surface area contributed by atoms with Crippen LogP contribution in [0.25, 0.3) is 10.9 Å². The maximum absolute atomic E-state index is 5.78. The number of hydrogen-bond acceptors (Lipinski definition) is 1. The molecular formula is C14H17BrN2. The minimum absolute atomic E-state index is 0.438. The lowest BCUT2D eigenvalue weighted by atomic mass is 9.94. The van der Waals surface area contributed by atoms with Crippen molar-refractivity contribution in [3.63, 3.8) is 0 Å². The van der Waals surface area contributed by atoms with Gasteiger partial charge in [0.2, 0.25) is 0 Å². The highest BCUT2D eigenvalue weighted by Gasteiger charge is 2.17. The van der Waals surface area contributed by atoms with Gasteiger partial charge in [0.05, 0.1) is 5.52 Å². The Morgan fingerprint density at radius 3 is 3.06 bits per heavy atom. The van der Waals surface area contributed by atoms with Crippen LogP contribution in [-0.2, 0) is 13.0 Å². The summed E-state index contributed by atoms with van der Waals surface area (Å²) in [7, 11) is 0. The van der Waals surface area contributed by atoms with Gasteiger partial charge in [-0.25, -0.2) is 0 Å². The van der Waals surface area contributed by atoms with E-state index in [4.69, 9.17) is 5.73 Å². The third-order valence-corrected chi connectivity index (χ3v) is 4.42. The predicted molar refractivity (Wildman–Crippen MR) is 75.4 cm³/mol. The Hall–Kier alpha value is -0.800. The van der Waals surface area contributed by atoms with Crippen molar-refractivity contribution in [3.05, 3.63) is 33.9 Å². The van der Waals surface area contributed by atoms with Gasteiger partial charge in [0.15, 0.2) is 0 Å². The number of halogens is 1. The summed E-state index contributed by atoms with van der Waals surface area (Å²) in [6.07, 6.45) is 4.64. The molecular weight excluding hydrogens is 276 g/mol. The molecule has 2 nitrogen and oxygen atoms in total. The number of hydrogen-bond donors (Lipinski definition) is 1. The normalized spacial score (nSPS) is 16.4. The summed E-state index contributed by atoms with van der Waals surface area (Å²) in [5, 5.41) is 1.34. The zero-order valence-electron chi connectivity index (χ0n) is 10.0. The molecule has 0 spiro atoms. The van der Waals surface area contributed by atoms with Crippen LogP contribution in [0.3, 0.4) is 0 Å². The van der Waals surface area contributed by atoms with Gasteiger partial charge < -0.3 is 10.3 Å². The highest BCUT2D eigenvalue weighted by atomic mass is 79.9. The second-order valence-electron chi connectivity index (χ2n) is 4.99. The van der Waals surface area contributed by atoms with Gasteiger partial charge in [0, 0.05) is 22.6 Å². The van der Waals surface area contributed by atoms with Crippen LogP contribution in [0.5, 0.6) is 0 Å². The van der Waals surface area contributed by atoms with E-state index >= 15 is 0 Å². The summed E-state index contributed by atoms with van der Waals surface area (Å²) in [5.74, 6) is 0.438.